The maximum absolute atomic E-state index is 12.4. The number of benzene rings is 1. The lowest BCUT2D eigenvalue weighted by Gasteiger charge is -2.35. The van der Waals surface area contributed by atoms with Crippen molar-refractivity contribution in [2.45, 2.75) is 31.3 Å². The van der Waals surface area contributed by atoms with Crippen LogP contribution in [0.5, 0.6) is 0 Å². The number of hydrogen-bond acceptors (Lipinski definition) is 5. The summed E-state index contributed by atoms with van der Waals surface area (Å²) in [6.45, 7) is 2.33. The molecule has 1 N–H and O–H groups in total. The van der Waals surface area contributed by atoms with E-state index < -0.39 is 0 Å². The highest BCUT2D eigenvalue weighted by atomic mass is 16.5. The zero-order chi connectivity index (χ0) is 18.4. The number of aromatic nitrogens is 2. The molecule has 0 amide bonds. The Balaban J connectivity index is 1.66. The Morgan fingerprint density at radius 1 is 1.35 bits per heavy atom. The predicted molar refractivity (Wildman–Crippen MR) is 104 cm³/mol. The van der Waals surface area contributed by atoms with Crippen molar-refractivity contribution in [2.75, 3.05) is 31.7 Å². The van der Waals surface area contributed by atoms with Gasteiger partial charge in [0.1, 0.15) is 0 Å². The molecule has 0 aliphatic carbocycles. The van der Waals surface area contributed by atoms with Gasteiger partial charge in [-0.3, -0.25) is 4.79 Å². The molecule has 140 valence electrons. The van der Waals surface area contributed by atoms with Crippen molar-refractivity contribution in [1.29, 1.82) is 0 Å². The minimum Gasteiger partial charge on any atom is -0.383 e. The molecule has 1 saturated heterocycles. The molecule has 6 heteroatoms. The second-order valence-electron chi connectivity index (χ2n) is 6.96. The summed E-state index contributed by atoms with van der Waals surface area (Å²) in [5, 5.41) is 3.74. The van der Waals surface area contributed by atoms with Crippen LogP contribution in [0.2, 0.25) is 0 Å². The Morgan fingerprint density at radius 2 is 2.15 bits per heavy atom. The van der Waals surface area contributed by atoms with Gasteiger partial charge < -0.3 is 19.5 Å². The smallest absolute Gasteiger partial charge is 0.293 e. The van der Waals surface area contributed by atoms with Crippen molar-refractivity contribution in [3.05, 3.63) is 58.6 Å². The molecule has 1 aromatic carbocycles. The molecule has 0 unspecified atom stereocenters. The van der Waals surface area contributed by atoms with Crippen LogP contribution in [0.1, 0.15) is 18.4 Å². The number of piperidine rings is 1. The monoisotopic (exact) mass is 356 g/mol. The number of rotatable bonds is 7. The molecule has 2 aromatic rings. The molecule has 0 spiro atoms. The van der Waals surface area contributed by atoms with Gasteiger partial charge in [0.15, 0.2) is 5.82 Å². The number of anilines is 1. The van der Waals surface area contributed by atoms with E-state index in [1.54, 1.807) is 31.1 Å². The molecule has 0 radical (unpaired) electrons. The van der Waals surface area contributed by atoms with Gasteiger partial charge in [-0.05, 0) is 24.8 Å². The molecule has 26 heavy (non-hydrogen) atoms. The standard InChI is InChI=1S/C20H28N4O2/c1-23-12-10-21-19(20(23)25)24-11-6-9-17(14-24)22-18(15-26-2)13-16-7-4-3-5-8-16/h3-5,7-8,10,12,17-18,22H,6,9,11,13-15H2,1-2H3/t17-,18+/m1/s1. The van der Waals surface area contributed by atoms with Crippen LogP contribution in [-0.4, -0.2) is 48.4 Å². The Bertz CT molecular complexity index is 747. The summed E-state index contributed by atoms with van der Waals surface area (Å²) in [6, 6.07) is 11.0. The molecule has 6 nitrogen and oxygen atoms in total. The fraction of sp³-hybridized carbons (Fsp3) is 0.500. The topological polar surface area (TPSA) is 59.4 Å². The van der Waals surface area contributed by atoms with E-state index in [4.69, 9.17) is 4.74 Å². The fourth-order valence-electron chi connectivity index (χ4n) is 3.61. The van der Waals surface area contributed by atoms with Gasteiger partial charge in [0, 0.05) is 51.7 Å². The lowest BCUT2D eigenvalue weighted by atomic mass is 10.0. The molecule has 0 saturated carbocycles. The zero-order valence-corrected chi connectivity index (χ0v) is 15.6. The first-order chi connectivity index (χ1) is 12.7. The van der Waals surface area contributed by atoms with Crippen molar-refractivity contribution in [2.24, 2.45) is 7.05 Å². The number of nitrogens with one attached hydrogen (secondary N) is 1. The molecule has 0 bridgehead atoms. The van der Waals surface area contributed by atoms with E-state index in [-0.39, 0.29) is 11.6 Å². The van der Waals surface area contributed by atoms with Crippen LogP contribution in [0, 0.1) is 0 Å². The maximum atomic E-state index is 12.4. The van der Waals surface area contributed by atoms with Gasteiger partial charge in [-0.1, -0.05) is 30.3 Å². The summed E-state index contributed by atoms with van der Waals surface area (Å²) in [6.07, 6.45) is 6.45. The Kier molecular flexibility index (Phi) is 6.41. The summed E-state index contributed by atoms with van der Waals surface area (Å²) < 4.78 is 7.01. The molecule has 2 atom stereocenters. The van der Waals surface area contributed by atoms with E-state index in [1.807, 2.05) is 6.07 Å². The van der Waals surface area contributed by atoms with Crippen LogP contribution in [-0.2, 0) is 18.2 Å². The van der Waals surface area contributed by atoms with Crippen molar-refractivity contribution in [1.82, 2.24) is 14.9 Å². The molecule has 2 heterocycles. The van der Waals surface area contributed by atoms with Crippen LogP contribution in [0.4, 0.5) is 5.82 Å². The molecule has 1 aromatic heterocycles. The Morgan fingerprint density at radius 3 is 2.92 bits per heavy atom. The van der Waals surface area contributed by atoms with Gasteiger partial charge in [-0.2, -0.15) is 0 Å². The van der Waals surface area contributed by atoms with E-state index >= 15 is 0 Å². The van der Waals surface area contributed by atoms with E-state index in [2.05, 4.69) is 39.5 Å². The Hall–Kier alpha value is -2.18. The largest absolute Gasteiger partial charge is 0.383 e. The molecular formula is C20H28N4O2. The van der Waals surface area contributed by atoms with E-state index in [1.165, 1.54) is 5.56 Å². The quantitative estimate of drug-likeness (QED) is 0.817. The summed E-state index contributed by atoms with van der Waals surface area (Å²) in [5.41, 5.74) is 1.26. The van der Waals surface area contributed by atoms with Crippen LogP contribution in [0.15, 0.2) is 47.5 Å². The average Bonchev–Trinajstić information content (AvgIpc) is 2.65. The number of hydrogen-bond donors (Lipinski definition) is 1. The van der Waals surface area contributed by atoms with Gasteiger partial charge in [0.05, 0.1) is 6.61 Å². The number of ether oxygens (including phenoxy) is 1. The molecule has 3 rings (SSSR count). The summed E-state index contributed by atoms with van der Waals surface area (Å²) in [5.74, 6) is 0.549. The van der Waals surface area contributed by atoms with Crippen LogP contribution in [0.3, 0.4) is 0 Å². The summed E-state index contributed by atoms with van der Waals surface area (Å²) in [4.78, 5) is 18.8. The molecule has 1 fully saturated rings. The predicted octanol–water partition coefficient (Wildman–Crippen LogP) is 1.60. The van der Waals surface area contributed by atoms with E-state index in [0.717, 1.165) is 32.4 Å². The number of nitrogens with zero attached hydrogens (tertiary/aromatic N) is 3. The highest BCUT2D eigenvalue weighted by molar-refractivity contribution is 5.36. The van der Waals surface area contributed by atoms with E-state index in [9.17, 15) is 4.79 Å². The number of aryl methyl sites for hydroxylation is 1. The normalized spacial score (nSPS) is 18.7. The lowest BCUT2D eigenvalue weighted by molar-refractivity contribution is 0.157. The first-order valence-corrected chi connectivity index (χ1v) is 9.23. The van der Waals surface area contributed by atoms with Gasteiger partial charge in [0.2, 0.25) is 0 Å². The minimum atomic E-state index is -0.0362. The number of methoxy groups -OCH3 is 1. The average molecular weight is 356 g/mol. The van der Waals surface area contributed by atoms with Crippen LogP contribution < -0.4 is 15.8 Å². The van der Waals surface area contributed by atoms with Crippen LogP contribution in [0.25, 0.3) is 0 Å². The third-order valence-corrected chi connectivity index (χ3v) is 4.88. The highest BCUT2D eigenvalue weighted by Gasteiger charge is 2.25. The molecule has 1 aliphatic rings. The second kappa shape index (κ2) is 8.96. The van der Waals surface area contributed by atoms with Gasteiger partial charge >= 0.3 is 0 Å². The zero-order valence-electron chi connectivity index (χ0n) is 15.6. The van der Waals surface area contributed by atoms with Crippen molar-refractivity contribution < 1.29 is 4.74 Å². The molecular weight excluding hydrogens is 328 g/mol. The van der Waals surface area contributed by atoms with Gasteiger partial charge in [-0.25, -0.2) is 4.98 Å². The fourth-order valence-corrected chi connectivity index (χ4v) is 3.61. The van der Waals surface area contributed by atoms with Crippen molar-refractivity contribution >= 4 is 5.82 Å². The minimum absolute atomic E-state index is 0.0362. The first-order valence-electron chi connectivity index (χ1n) is 9.23. The van der Waals surface area contributed by atoms with Crippen molar-refractivity contribution in [3.8, 4) is 0 Å². The lowest BCUT2D eigenvalue weighted by Crippen LogP contribution is -2.52. The third kappa shape index (κ3) is 4.71. The SMILES string of the molecule is COC[C@H](Cc1ccccc1)N[C@@H]1CCCN(c2nccn(C)c2=O)C1. The highest BCUT2D eigenvalue weighted by Crippen LogP contribution is 2.16. The van der Waals surface area contributed by atoms with Crippen molar-refractivity contribution in [3.63, 3.8) is 0 Å². The second-order valence-corrected chi connectivity index (χ2v) is 6.96. The van der Waals surface area contributed by atoms with Gasteiger partial charge in [-0.15, -0.1) is 0 Å². The third-order valence-electron chi connectivity index (χ3n) is 4.88. The van der Waals surface area contributed by atoms with E-state index in [0.29, 0.717) is 18.5 Å². The molecule has 1 aliphatic heterocycles. The van der Waals surface area contributed by atoms with Gasteiger partial charge in [0.25, 0.3) is 5.56 Å². The first kappa shape index (κ1) is 18.6. The maximum Gasteiger partial charge on any atom is 0.293 e. The Labute approximate surface area is 154 Å². The summed E-state index contributed by atoms with van der Waals surface area (Å²) >= 11 is 0. The van der Waals surface area contributed by atoms with Crippen LogP contribution >= 0.6 is 0 Å². The summed E-state index contributed by atoms with van der Waals surface area (Å²) in [7, 11) is 3.51.